The van der Waals surface area contributed by atoms with Crippen LogP contribution in [0.1, 0.15) is 35.3 Å². The van der Waals surface area contributed by atoms with E-state index in [0.717, 1.165) is 24.6 Å². The Morgan fingerprint density at radius 2 is 2.47 bits per heavy atom. The lowest BCUT2D eigenvalue weighted by molar-refractivity contribution is 0.155. The van der Waals surface area contributed by atoms with Crippen LogP contribution in [-0.4, -0.2) is 23.5 Å². The number of rotatable bonds is 5. The van der Waals surface area contributed by atoms with Crippen LogP contribution in [0.5, 0.6) is 0 Å². The van der Waals surface area contributed by atoms with Gasteiger partial charge in [-0.25, -0.2) is 0 Å². The average molecular weight is 278 g/mol. The summed E-state index contributed by atoms with van der Waals surface area (Å²) >= 11 is 1.72. The summed E-state index contributed by atoms with van der Waals surface area (Å²) in [5.74, 6) is 1.97. The number of ether oxygens (including phenoxy) is 1. The Bertz CT molecular complexity index is 509. The van der Waals surface area contributed by atoms with Crippen molar-refractivity contribution in [2.75, 3.05) is 13.7 Å². The van der Waals surface area contributed by atoms with E-state index in [0.29, 0.717) is 12.6 Å². The molecule has 3 heterocycles. The predicted octanol–water partition coefficient (Wildman–Crippen LogP) is 3.22. The highest BCUT2D eigenvalue weighted by Crippen LogP contribution is 2.34. The SMILES string of the molecule is COCc1ccc([C@H]2CCCN2Cc2cncs2)o1. The van der Waals surface area contributed by atoms with E-state index in [9.17, 15) is 0 Å². The van der Waals surface area contributed by atoms with Gasteiger partial charge in [0, 0.05) is 24.7 Å². The van der Waals surface area contributed by atoms with Gasteiger partial charge in [-0.15, -0.1) is 11.3 Å². The lowest BCUT2D eigenvalue weighted by Crippen LogP contribution is -2.21. The monoisotopic (exact) mass is 278 g/mol. The minimum Gasteiger partial charge on any atom is -0.462 e. The maximum absolute atomic E-state index is 5.88. The van der Waals surface area contributed by atoms with Crippen LogP contribution in [-0.2, 0) is 17.9 Å². The van der Waals surface area contributed by atoms with Gasteiger partial charge in [0.1, 0.15) is 18.1 Å². The van der Waals surface area contributed by atoms with Crippen LogP contribution in [0.4, 0.5) is 0 Å². The fraction of sp³-hybridized carbons (Fsp3) is 0.500. The number of likely N-dealkylation sites (tertiary alicyclic amines) is 1. The van der Waals surface area contributed by atoms with E-state index in [1.165, 1.54) is 17.7 Å². The summed E-state index contributed by atoms with van der Waals surface area (Å²) in [6.07, 6.45) is 4.35. The quantitative estimate of drug-likeness (QED) is 0.841. The third-order valence-electron chi connectivity index (χ3n) is 3.50. The standard InChI is InChI=1S/C14H18N2O2S/c1-17-9-11-4-5-14(18-11)13-3-2-6-16(13)8-12-7-15-10-19-12/h4-5,7,10,13H,2-3,6,8-9H2,1H3/t13-/m1/s1. The number of hydrogen-bond acceptors (Lipinski definition) is 5. The van der Waals surface area contributed by atoms with Crippen molar-refractivity contribution in [1.29, 1.82) is 0 Å². The molecule has 0 N–H and O–H groups in total. The van der Waals surface area contributed by atoms with Gasteiger partial charge in [-0.3, -0.25) is 9.88 Å². The number of furan rings is 1. The number of methoxy groups -OCH3 is 1. The molecule has 0 amide bonds. The highest BCUT2D eigenvalue weighted by molar-refractivity contribution is 7.09. The molecule has 1 saturated heterocycles. The molecule has 5 heteroatoms. The van der Waals surface area contributed by atoms with E-state index >= 15 is 0 Å². The van der Waals surface area contributed by atoms with Gasteiger partial charge in [-0.2, -0.15) is 0 Å². The van der Waals surface area contributed by atoms with Crippen molar-refractivity contribution < 1.29 is 9.15 Å². The summed E-state index contributed by atoms with van der Waals surface area (Å²) in [6.45, 7) is 2.64. The van der Waals surface area contributed by atoms with E-state index < -0.39 is 0 Å². The van der Waals surface area contributed by atoms with Crippen molar-refractivity contribution in [2.24, 2.45) is 0 Å². The topological polar surface area (TPSA) is 38.5 Å². The molecule has 0 aromatic carbocycles. The van der Waals surface area contributed by atoms with Crippen LogP contribution in [0.3, 0.4) is 0 Å². The molecule has 1 aliphatic heterocycles. The molecular weight excluding hydrogens is 260 g/mol. The molecule has 1 fully saturated rings. The lowest BCUT2D eigenvalue weighted by Gasteiger charge is -2.21. The first-order valence-electron chi connectivity index (χ1n) is 6.56. The van der Waals surface area contributed by atoms with Crippen molar-refractivity contribution in [3.05, 3.63) is 40.2 Å². The second-order valence-electron chi connectivity index (χ2n) is 4.83. The molecule has 0 unspecified atom stereocenters. The summed E-state index contributed by atoms with van der Waals surface area (Å²) in [4.78, 5) is 7.93. The first-order chi connectivity index (χ1) is 9.36. The molecule has 4 nitrogen and oxygen atoms in total. The Morgan fingerprint density at radius 3 is 3.26 bits per heavy atom. The van der Waals surface area contributed by atoms with E-state index in [4.69, 9.17) is 9.15 Å². The lowest BCUT2D eigenvalue weighted by atomic mass is 10.1. The summed E-state index contributed by atoms with van der Waals surface area (Å²) in [5, 5.41) is 0. The molecule has 2 aromatic rings. The maximum atomic E-state index is 5.88. The Kier molecular flexibility index (Phi) is 3.96. The van der Waals surface area contributed by atoms with E-state index in [-0.39, 0.29) is 0 Å². The van der Waals surface area contributed by atoms with Crippen molar-refractivity contribution in [3.63, 3.8) is 0 Å². The fourth-order valence-corrected chi connectivity index (χ4v) is 3.27. The zero-order valence-electron chi connectivity index (χ0n) is 11.0. The molecule has 0 aliphatic carbocycles. The van der Waals surface area contributed by atoms with Gasteiger partial charge in [-0.1, -0.05) is 0 Å². The Balaban J connectivity index is 1.71. The maximum Gasteiger partial charge on any atom is 0.129 e. The normalized spacial score (nSPS) is 20.2. The summed E-state index contributed by atoms with van der Waals surface area (Å²) in [6, 6.07) is 4.50. The van der Waals surface area contributed by atoms with Crippen LogP contribution < -0.4 is 0 Å². The molecule has 0 spiro atoms. The van der Waals surface area contributed by atoms with Gasteiger partial charge >= 0.3 is 0 Å². The van der Waals surface area contributed by atoms with Gasteiger partial charge in [0.2, 0.25) is 0 Å². The Morgan fingerprint density at radius 1 is 1.53 bits per heavy atom. The smallest absolute Gasteiger partial charge is 0.129 e. The van der Waals surface area contributed by atoms with E-state index in [1.54, 1.807) is 18.4 Å². The van der Waals surface area contributed by atoms with Crippen LogP contribution in [0.2, 0.25) is 0 Å². The van der Waals surface area contributed by atoms with E-state index in [1.807, 2.05) is 17.8 Å². The highest BCUT2D eigenvalue weighted by atomic mass is 32.1. The molecule has 0 saturated carbocycles. The fourth-order valence-electron chi connectivity index (χ4n) is 2.65. The minimum atomic E-state index is 0.396. The Hall–Kier alpha value is -1.17. The molecule has 0 radical (unpaired) electrons. The third kappa shape index (κ3) is 2.88. The third-order valence-corrected chi connectivity index (χ3v) is 4.27. The molecular formula is C14H18N2O2S. The van der Waals surface area contributed by atoms with Gasteiger partial charge in [0.25, 0.3) is 0 Å². The molecule has 1 aliphatic rings. The zero-order chi connectivity index (χ0) is 13.1. The summed E-state index contributed by atoms with van der Waals surface area (Å²) in [7, 11) is 1.69. The number of aromatic nitrogens is 1. The second kappa shape index (κ2) is 5.86. The van der Waals surface area contributed by atoms with Crippen molar-refractivity contribution in [3.8, 4) is 0 Å². The van der Waals surface area contributed by atoms with Crippen LogP contribution >= 0.6 is 11.3 Å². The summed E-state index contributed by atoms with van der Waals surface area (Å²) in [5.41, 5.74) is 1.89. The first kappa shape index (κ1) is 12.8. The summed E-state index contributed by atoms with van der Waals surface area (Å²) < 4.78 is 11.0. The van der Waals surface area contributed by atoms with Gasteiger partial charge in [-0.05, 0) is 31.5 Å². The van der Waals surface area contributed by atoms with Crippen LogP contribution in [0.25, 0.3) is 0 Å². The first-order valence-corrected chi connectivity index (χ1v) is 7.44. The van der Waals surface area contributed by atoms with Gasteiger partial charge < -0.3 is 9.15 Å². The minimum absolute atomic E-state index is 0.396. The van der Waals surface area contributed by atoms with Crippen molar-refractivity contribution in [1.82, 2.24) is 9.88 Å². The van der Waals surface area contributed by atoms with Gasteiger partial charge in [0.05, 0.1) is 11.6 Å². The Labute approximate surface area is 117 Å². The largest absolute Gasteiger partial charge is 0.462 e. The van der Waals surface area contributed by atoms with Crippen molar-refractivity contribution in [2.45, 2.75) is 32.0 Å². The van der Waals surface area contributed by atoms with Crippen LogP contribution in [0.15, 0.2) is 28.3 Å². The van der Waals surface area contributed by atoms with Crippen LogP contribution in [0, 0.1) is 0 Å². The number of thiazole rings is 1. The highest BCUT2D eigenvalue weighted by Gasteiger charge is 2.28. The predicted molar refractivity (Wildman–Crippen MR) is 73.9 cm³/mol. The van der Waals surface area contributed by atoms with E-state index in [2.05, 4.69) is 16.0 Å². The average Bonchev–Trinajstić information content (AvgIpc) is 3.11. The number of nitrogens with zero attached hydrogens (tertiary/aromatic N) is 2. The van der Waals surface area contributed by atoms with Gasteiger partial charge in [0.15, 0.2) is 0 Å². The number of hydrogen-bond donors (Lipinski definition) is 0. The van der Waals surface area contributed by atoms with Crippen molar-refractivity contribution >= 4 is 11.3 Å². The molecule has 19 heavy (non-hydrogen) atoms. The molecule has 2 aromatic heterocycles. The molecule has 102 valence electrons. The second-order valence-corrected chi connectivity index (χ2v) is 5.80. The molecule has 1 atom stereocenters. The zero-order valence-corrected chi connectivity index (χ0v) is 11.9. The molecule has 0 bridgehead atoms. The molecule has 3 rings (SSSR count).